The molecule has 0 spiro atoms. The first-order chi connectivity index (χ1) is 20.5. The van der Waals surface area contributed by atoms with Crippen molar-refractivity contribution in [1.29, 1.82) is 0 Å². The summed E-state index contributed by atoms with van der Waals surface area (Å²) in [6.45, 7) is 10.9. The van der Waals surface area contributed by atoms with Crippen LogP contribution < -0.4 is 5.46 Å². The Hall–Kier alpha value is -4.70. The molecular weight excluding hydrogens is 527 g/mol. The summed E-state index contributed by atoms with van der Waals surface area (Å²) in [6.07, 6.45) is 0. The smallest absolute Gasteiger partial charge is 0.336 e. The molecule has 0 aliphatic heterocycles. The maximum absolute atomic E-state index is 13.9. The number of carbonyl (C=O) groups is 2. The zero-order chi connectivity index (χ0) is 30.3. The minimum absolute atomic E-state index is 0.0174. The number of rotatable bonds is 4. The molecule has 0 saturated heterocycles. The average Bonchev–Trinajstić information content (AvgIpc) is 3.02. The first-order valence-electron chi connectivity index (χ1n) is 14.8. The largest absolute Gasteiger partial charge is 0.478 e. The molecule has 1 aliphatic rings. The number of ketones is 1. The molecule has 6 aromatic rings. The van der Waals surface area contributed by atoms with Crippen molar-refractivity contribution in [1.82, 2.24) is 0 Å². The molecule has 1 radical (unpaired) electrons. The van der Waals surface area contributed by atoms with Crippen molar-refractivity contribution >= 4 is 56.8 Å². The summed E-state index contributed by atoms with van der Waals surface area (Å²) in [5.41, 5.74) is 5.64. The van der Waals surface area contributed by atoms with Gasteiger partial charge in [-0.25, -0.2) is 4.79 Å². The second kappa shape index (κ2) is 9.41. The van der Waals surface area contributed by atoms with Crippen molar-refractivity contribution in [3.8, 4) is 0 Å². The van der Waals surface area contributed by atoms with Crippen LogP contribution in [0.3, 0.4) is 0 Å². The standard InChI is InChI=1S/C39H32BO3/c1-38(2)32-17-14-22(36(41)31-19-23(40-5)15-16-28(31)37(42)43)18-33(32)39(3,4)35-21-30-27-13-9-7-11-25(27)24-10-6-8-12-26(24)29(30)20-34(35)38/h6-21H,1-5H3,(H,42,43). The van der Waals surface area contributed by atoms with Crippen LogP contribution in [0.25, 0.3) is 32.3 Å². The van der Waals surface area contributed by atoms with Gasteiger partial charge < -0.3 is 5.11 Å². The van der Waals surface area contributed by atoms with Crippen LogP contribution in [0.1, 0.15) is 76.2 Å². The Balaban J connectivity index is 1.47. The number of hydrogen-bond acceptors (Lipinski definition) is 2. The highest BCUT2D eigenvalue weighted by Gasteiger charge is 2.42. The lowest BCUT2D eigenvalue weighted by atomic mass is 9.59. The van der Waals surface area contributed by atoms with Crippen molar-refractivity contribution in [3.63, 3.8) is 0 Å². The van der Waals surface area contributed by atoms with E-state index in [0.717, 1.165) is 11.0 Å². The van der Waals surface area contributed by atoms with Gasteiger partial charge in [0.05, 0.1) is 5.56 Å². The van der Waals surface area contributed by atoms with Gasteiger partial charge in [-0.15, -0.1) is 0 Å². The predicted molar refractivity (Wildman–Crippen MR) is 178 cm³/mol. The van der Waals surface area contributed by atoms with Gasteiger partial charge in [-0.05, 0) is 78.8 Å². The molecule has 7 rings (SSSR count). The molecule has 0 saturated carbocycles. The second-order valence-electron chi connectivity index (χ2n) is 12.8. The van der Waals surface area contributed by atoms with Crippen molar-refractivity contribution < 1.29 is 14.7 Å². The van der Waals surface area contributed by atoms with Crippen LogP contribution in [-0.4, -0.2) is 24.1 Å². The number of benzene rings is 6. The maximum atomic E-state index is 13.9. The van der Waals surface area contributed by atoms with Crippen LogP contribution in [0.2, 0.25) is 6.82 Å². The quantitative estimate of drug-likeness (QED) is 0.134. The second-order valence-corrected chi connectivity index (χ2v) is 12.8. The molecule has 43 heavy (non-hydrogen) atoms. The fourth-order valence-corrected chi connectivity index (χ4v) is 7.29. The van der Waals surface area contributed by atoms with Gasteiger partial charge in [0.25, 0.3) is 0 Å². The molecule has 0 unspecified atom stereocenters. The number of hydrogen-bond donors (Lipinski definition) is 1. The van der Waals surface area contributed by atoms with Gasteiger partial charge in [0.15, 0.2) is 5.78 Å². The Morgan fingerprint density at radius 2 is 1.05 bits per heavy atom. The zero-order valence-electron chi connectivity index (χ0n) is 25.1. The third-order valence-electron chi connectivity index (χ3n) is 9.71. The molecule has 1 aliphatic carbocycles. The van der Waals surface area contributed by atoms with E-state index in [4.69, 9.17) is 0 Å². The molecule has 6 aromatic carbocycles. The summed E-state index contributed by atoms with van der Waals surface area (Å²) >= 11 is 0. The Morgan fingerprint density at radius 3 is 1.56 bits per heavy atom. The van der Waals surface area contributed by atoms with Crippen LogP contribution in [0.15, 0.2) is 97.1 Å². The van der Waals surface area contributed by atoms with E-state index in [1.54, 1.807) is 12.1 Å². The molecule has 1 N–H and O–H groups in total. The fraction of sp³-hybridized carbons (Fsp3) is 0.179. The minimum Gasteiger partial charge on any atom is -0.478 e. The lowest BCUT2D eigenvalue weighted by molar-refractivity contribution is 0.0693. The SMILES string of the molecule is C[B]c1ccc(C(=O)O)c(C(=O)c2ccc3c(c2)C(C)(C)c2cc4c5ccccc5c5ccccc5c4cc2C3(C)C)c1. The van der Waals surface area contributed by atoms with E-state index >= 15 is 0 Å². The van der Waals surface area contributed by atoms with Crippen LogP contribution in [0.4, 0.5) is 0 Å². The Kier molecular flexibility index (Phi) is 5.94. The van der Waals surface area contributed by atoms with Gasteiger partial charge in [0, 0.05) is 22.0 Å². The Morgan fingerprint density at radius 1 is 0.558 bits per heavy atom. The molecule has 0 heterocycles. The molecule has 0 atom stereocenters. The van der Waals surface area contributed by atoms with Crippen LogP contribution in [0, 0.1) is 0 Å². The van der Waals surface area contributed by atoms with Crippen LogP contribution in [0.5, 0.6) is 0 Å². The first kappa shape index (κ1) is 27.2. The number of carboxylic acid groups (broad SMARTS) is 1. The van der Waals surface area contributed by atoms with Gasteiger partial charge in [-0.3, -0.25) is 4.79 Å². The lowest BCUT2D eigenvalue weighted by Gasteiger charge is -2.44. The monoisotopic (exact) mass is 559 g/mol. The lowest BCUT2D eigenvalue weighted by Crippen LogP contribution is -2.36. The van der Waals surface area contributed by atoms with E-state index in [9.17, 15) is 14.7 Å². The molecule has 4 heteroatoms. The topological polar surface area (TPSA) is 54.4 Å². The van der Waals surface area contributed by atoms with Crippen molar-refractivity contribution in [2.45, 2.75) is 45.3 Å². The summed E-state index contributed by atoms with van der Waals surface area (Å²) in [4.78, 5) is 25.9. The fourth-order valence-electron chi connectivity index (χ4n) is 7.29. The highest BCUT2D eigenvalue weighted by Crippen LogP contribution is 2.52. The summed E-state index contributed by atoms with van der Waals surface area (Å²) in [6, 6.07) is 32.9. The van der Waals surface area contributed by atoms with E-state index in [1.165, 1.54) is 55.1 Å². The van der Waals surface area contributed by atoms with Gasteiger partial charge in [0.1, 0.15) is 7.28 Å². The normalized spacial score (nSPS) is 14.8. The first-order valence-corrected chi connectivity index (χ1v) is 14.8. The molecule has 0 fully saturated rings. The molecule has 0 aromatic heterocycles. The summed E-state index contributed by atoms with van der Waals surface area (Å²) in [5.74, 6) is -1.38. The van der Waals surface area contributed by atoms with Gasteiger partial charge in [-0.2, -0.15) is 0 Å². The Bertz CT molecular complexity index is 2170. The van der Waals surface area contributed by atoms with Crippen LogP contribution >= 0.6 is 0 Å². The van der Waals surface area contributed by atoms with Gasteiger partial charge in [0.2, 0.25) is 0 Å². The maximum Gasteiger partial charge on any atom is 0.336 e. The summed E-state index contributed by atoms with van der Waals surface area (Å²) in [5, 5.41) is 17.3. The van der Waals surface area contributed by atoms with Gasteiger partial charge >= 0.3 is 5.97 Å². The number of carboxylic acids is 1. The molecule has 0 amide bonds. The number of fused-ring (bicyclic) bond motifs is 8. The number of aromatic carboxylic acids is 1. The third kappa shape index (κ3) is 3.89. The molecule has 3 nitrogen and oxygen atoms in total. The van der Waals surface area contributed by atoms with E-state index in [-0.39, 0.29) is 22.3 Å². The molecular formula is C39H32BO3. The molecule has 0 bridgehead atoms. The van der Waals surface area contributed by atoms with E-state index in [0.29, 0.717) is 5.56 Å². The predicted octanol–water partition coefficient (Wildman–Crippen LogP) is 8.42. The van der Waals surface area contributed by atoms with Crippen molar-refractivity contribution in [3.05, 3.63) is 136 Å². The average molecular weight is 559 g/mol. The van der Waals surface area contributed by atoms with Crippen molar-refractivity contribution in [2.24, 2.45) is 0 Å². The number of carbonyl (C=O) groups excluding carboxylic acids is 1. The van der Waals surface area contributed by atoms with E-state index in [1.807, 2.05) is 26.2 Å². The molecule has 209 valence electrons. The van der Waals surface area contributed by atoms with E-state index in [2.05, 4.69) is 94.4 Å². The van der Waals surface area contributed by atoms with Gasteiger partial charge in [-0.1, -0.05) is 113 Å². The summed E-state index contributed by atoms with van der Waals surface area (Å²) < 4.78 is 0. The minimum atomic E-state index is -1.11. The van der Waals surface area contributed by atoms with Crippen LogP contribution in [-0.2, 0) is 10.8 Å². The highest BCUT2D eigenvalue weighted by molar-refractivity contribution is 6.52. The Labute approximate surface area is 252 Å². The summed E-state index contributed by atoms with van der Waals surface area (Å²) in [7, 11) is 1.87. The third-order valence-corrected chi connectivity index (χ3v) is 9.71. The van der Waals surface area contributed by atoms with Crippen molar-refractivity contribution in [2.75, 3.05) is 0 Å². The highest BCUT2D eigenvalue weighted by atomic mass is 16.4. The van der Waals surface area contributed by atoms with E-state index < -0.39 is 11.4 Å². The zero-order valence-corrected chi connectivity index (χ0v) is 25.1.